The number of aromatic nitrogens is 2. The fraction of sp³-hybridized carbons (Fsp3) is 0.556. The van der Waals surface area contributed by atoms with Crippen LogP contribution in [0.1, 0.15) is 18.3 Å². The number of methoxy groups -OCH3 is 1. The highest BCUT2D eigenvalue weighted by Crippen LogP contribution is 2.20. The van der Waals surface area contributed by atoms with Crippen LogP contribution in [-0.4, -0.2) is 22.9 Å². The van der Waals surface area contributed by atoms with Gasteiger partial charge in [-0.3, -0.25) is 9.48 Å². The van der Waals surface area contributed by atoms with Gasteiger partial charge in [0.05, 0.1) is 29.9 Å². The molecule has 0 aromatic carbocycles. The van der Waals surface area contributed by atoms with Gasteiger partial charge >= 0.3 is 5.97 Å². The zero-order valence-corrected chi connectivity index (χ0v) is 9.26. The number of hydrogen-bond acceptors (Lipinski definition) is 3. The summed E-state index contributed by atoms with van der Waals surface area (Å²) in [5, 5.41) is 4.75. The molecule has 0 radical (unpaired) electrons. The van der Waals surface area contributed by atoms with Gasteiger partial charge in [-0.05, 0) is 13.8 Å². The van der Waals surface area contributed by atoms with E-state index in [0.29, 0.717) is 11.6 Å². The Labute approximate surface area is 87.8 Å². The summed E-state index contributed by atoms with van der Waals surface area (Å²) in [4.78, 5) is 11.1. The van der Waals surface area contributed by atoms with E-state index < -0.39 is 0 Å². The molecule has 0 atom stereocenters. The van der Waals surface area contributed by atoms with E-state index in [1.165, 1.54) is 7.11 Å². The molecule has 14 heavy (non-hydrogen) atoms. The van der Waals surface area contributed by atoms with Crippen molar-refractivity contribution in [3.63, 3.8) is 0 Å². The second kappa shape index (κ2) is 4.46. The zero-order valence-electron chi connectivity index (χ0n) is 8.50. The second-order valence-electron chi connectivity index (χ2n) is 2.91. The van der Waals surface area contributed by atoms with Gasteiger partial charge in [0.2, 0.25) is 0 Å². The fourth-order valence-corrected chi connectivity index (χ4v) is 1.45. The van der Waals surface area contributed by atoms with Gasteiger partial charge in [0.25, 0.3) is 0 Å². The quantitative estimate of drug-likeness (QED) is 0.721. The fourth-order valence-electron chi connectivity index (χ4n) is 1.25. The van der Waals surface area contributed by atoms with E-state index in [1.54, 1.807) is 4.68 Å². The van der Waals surface area contributed by atoms with E-state index >= 15 is 0 Å². The molecule has 78 valence electrons. The summed E-state index contributed by atoms with van der Waals surface area (Å²) in [5.41, 5.74) is 1.46. The highest BCUT2D eigenvalue weighted by atomic mass is 35.5. The molecule has 0 fully saturated rings. The molecule has 0 spiro atoms. The van der Waals surface area contributed by atoms with Crippen molar-refractivity contribution in [1.29, 1.82) is 0 Å². The monoisotopic (exact) mass is 216 g/mol. The second-order valence-corrected chi connectivity index (χ2v) is 3.29. The molecule has 0 aliphatic heterocycles. The number of carbonyl (C=O) groups is 1. The normalized spacial score (nSPS) is 10.3. The van der Waals surface area contributed by atoms with Crippen molar-refractivity contribution in [2.45, 2.75) is 26.8 Å². The van der Waals surface area contributed by atoms with Crippen LogP contribution >= 0.6 is 11.6 Å². The van der Waals surface area contributed by atoms with E-state index in [9.17, 15) is 4.79 Å². The standard InChI is InChI=1S/C9H13ClN2O2/c1-4-12-7(5-8(13)14-3)9(10)6(2)11-12/h4-5H2,1-3H3. The summed E-state index contributed by atoms with van der Waals surface area (Å²) in [5.74, 6) is -0.304. The SMILES string of the molecule is CCn1nc(C)c(Cl)c1CC(=O)OC. The van der Waals surface area contributed by atoms with Crippen LogP contribution in [0.25, 0.3) is 0 Å². The zero-order chi connectivity index (χ0) is 10.7. The number of rotatable bonds is 3. The van der Waals surface area contributed by atoms with Gasteiger partial charge in [-0.15, -0.1) is 0 Å². The molecule has 0 bridgehead atoms. The van der Waals surface area contributed by atoms with Gasteiger partial charge in [-0.1, -0.05) is 11.6 Å². The summed E-state index contributed by atoms with van der Waals surface area (Å²) in [6.07, 6.45) is 0.171. The molecule has 0 saturated carbocycles. The topological polar surface area (TPSA) is 44.1 Å². The van der Waals surface area contributed by atoms with Gasteiger partial charge in [0, 0.05) is 6.54 Å². The third kappa shape index (κ3) is 2.07. The molecule has 0 unspecified atom stereocenters. The molecule has 1 aromatic heterocycles. The molecule has 0 aliphatic carbocycles. The van der Waals surface area contributed by atoms with Crippen molar-refractivity contribution in [2.75, 3.05) is 7.11 Å². The lowest BCUT2D eigenvalue weighted by Gasteiger charge is -2.03. The summed E-state index contributed by atoms with van der Waals surface area (Å²) in [6.45, 7) is 4.46. The van der Waals surface area contributed by atoms with Crippen LogP contribution in [0.4, 0.5) is 0 Å². The average molecular weight is 217 g/mol. The molecular formula is C9H13ClN2O2. The summed E-state index contributed by atoms with van der Waals surface area (Å²) in [6, 6.07) is 0. The Morgan fingerprint density at radius 1 is 1.64 bits per heavy atom. The van der Waals surface area contributed by atoms with Crippen LogP contribution in [0.3, 0.4) is 0 Å². The lowest BCUT2D eigenvalue weighted by atomic mass is 10.3. The Hall–Kier alpha value is -1.03. The maximum atomic E-state index is 11.1. The minimum atomic E-state index is -0.304. The first-order chi connectivity index (χ1) is 6.60. The average Bonchev–Trinajstić information content (AvgIpc) is 2.45. The molecule has 0 amide bonds. The number of halogens is 1. The van der Waals surface area contributed by atoms with E-state index in [4.69, 9.17) is 11.6 Å². The minimum Gasteiger partial charge on any atom is -0.469 e. The lowest BCUT2D eigenvalue weighted by Crippen LogP contribution is -2.10. The smallest absolute Gasteiger partial charge is 0.311 e. The van der Waals surface area contributed by atoms with Crippen molar-refractivity contribution in [1.82, 2.24) is 9.78 Å². The lowest BCUT2D eigenvalue weighted by molar-refractivity contribution is -0.139. The molecule has 1 rings (SSSR count). The summed E-state index contributed by atoms with van der Waals surface area (Å²) in [7, 11) is 1.36. The Morgan fingerprint density at radius 3 is 2.79 bits per heavy atom. The number of nitrogens with zero attached hydrogens (tertiary/aromatic N) is 2. The molecule has 4 nitrogen and oxygen atoms in total. The third-order valence-electron chi connectivity index (χ3n) is 1.99. The van der Waals surface area contributed by atoms with Gasteiger partial charge in [0.1, 0.15) is 0 Å². The Bertz CT molecular complexity index is 347. The van der Waals surface area contributed by atoms with Gasteiger partial charge in [0.15, 0.2) is 0 Å². The minimum absolute atomic E-state index is 0.171. The van der Waals surface area contributed by atoms with Crippen molar-refractivity contribution < 1.29 is 9.53 Å². The van der Waals surface area contributed by atoms with Crippen LogP contribution in [-0.2, 0) is 22.5 Å². The first kappa shape index (κ1) is 11.0. The maximum Gasteiger partial charge on any atom is 0.311 e. The van der Waals surface area contributed by atoms with Crippen molar-refractivity contribution in [3.05, 3.63) is 16.4 Å². The van der Waals surface area contributed by atoms with E-state index in [1.807, 2.05) is 13.8 Å². The molecule has 0 aliphatic rings. The number of carbonyl (C=O) groups excluding carboxylic acids is 1. The largest absolute Gasteiger partial charge is 0.469 e. The molecule has 1 aromatic rings. The maximum absolute atomic E-state index is 11.1. The van der Waals surface area contributed by atoms with Crippen LogP contribution in [0, 0.1) is 6.92 Å². The van der Waals surface area contributed by atoms with Crippen LogP contribution in [0.5, 0.6) is 0 Å². The summed E-state index contributed by atoms with van der Waals surface area (Å²) >= 11 is 6.00. The number of ether oxygens (including phenoxy) is 1. The molecular weight excluding hydrogens is 204 g/mol. The Balaban J connectivity index is 2.99. The molecule has 5 heteroatoms. The van der Waals surface area contributed by atoms with Gasteiger partial charge in [-0.2, -0.15) is 5.10 Å². The van der Waals surface area contributed by atoms with Crippen molar-refractivity contribution in [2.24, 2.45) is 0 Å². The van der Waals surface area contributed by atoms with Crippen LogP contribution in [0.2, 0.25) is 5.02 Å². The van der Waals surface area contributed by atoms with Crippen LogP contribution < -0.4 is 0 Å². The molecule has 0 saturated heterocycles. The van der Waals surface area contributed by atoms with E-state index in [0.717, 1.165) is 11.4 Å². The Kier molecular flexibility index (Phi) is 3.52. The van der Waals surface area contributed by atoms with Crippen molar-refractivity contribution >= 4 is 17.6 Å². The predicted octanol–water partition coefficient (Wildman–Crippen LogP) is 1.58. The molecule has 0 N–H and O–H groups in total. The number of esters is 1. The first-order valence-electron chi connectivity index (χ1n) is 4.38. The van der Waals surface area contributed by atoms with E-state index in [-0.39, 0.29) is 12.4 Å². The number of hydrogen-bond donors (Lipinski definition) is 0. The highest BCUT2D eigenvalue weighted by molar-refractivity contribution is 6.32. The van der Waals surface area contributed by atoms with Gasteiger partial charge in [-0.25, -0.2) is 0 Å². The van der Waals surface area contributed by atoms with Crippen molar-refractivity contribution in [3.8, 4) is 0 Å². The molecule has 1 heterocycles. The number of aryl methyl sites for hydroxylation is 2. The van der Waals surface area contributed by atoms with Crippen LogP contribution in [0.15, 0.2) is 0 Å². The first-order valence-corrected chi connectivity index (χ1v) is 4.76. The predicted molar refractivity (Wildman–Crippen MR) is 53.4 cm³/mol. The highest BCUT2D eigenvalue weighted by Gasteiger charge is 2.15. The van der Waals surface area contributed by atoms with E-state index in [2.05, 4.69) is 9.84 Å². The Morgan fingerprint density at radius 2 is 2.29 bits per heavy atom. The third-order valence-corrected chi connectivity index (χ3v) is 2.48. The van der Waals surface area contributed by atoms with Gasteiger partial charge < -0.3 is 4.74 Å². The summed E-state index contributed by atoms with van der Waals surface area (Å²) < 4.78 is 6.30.